The van der Waals surface area contributed by atoms with Gasteiger partial charge in [0.15, 0.2) is 0 Å². The highest BCUT2D eigenvalue weighted by Crippen LogP contribution is 2.26. The molecule has 2 rings (SSSR count). The first-order valence-corrected chi connectivity index (χ1v) is 6.76. The van der Waals surface area contributed by atoms with E-state index in [1.54, 1.807) is 18.2 Å². The Morgan fingerprint density at radius 3 is 2.47 bits per heavy atom. The number of aromatic amines is 1. The van der Waals surface area contributed by atoms with Gasteiger partial charge >= 0.3 is 0 Å². The SMILES string of the molecule is CC(C)c1cc(Cc2c(Cl)cccc2Cl)n[nH]c1=O. The molecule has 0 atom stereocenters. The lowest BCUT2D eigenvalue weighted by molar-refractivity contribution is 0.801. The number of hydrogen-bond donors (Lipinski definition) is 1. The van der Waals surface area contributed by atoms with E-state index in [2.05, 4.69) is 10.2 Å². The molecule has 1 aromatic heterocycles. The zero-order valence-electron chi connectivity index (χ0n) is 10.7. The van der Waals surface area contributed by atoms with Crippen molar-refractivity contribution >= 4 is 23.2 Å². The first kappa shape index (κ1) is 14.1. The van der Waals surface area contributed by atoms with E-state index < -0.39 is 0 Å². The van der Waals surface area contributed by atoms with Crippen LogP contribution in [0.5, 0.6) is 0 Å². The van der Waals surface area contributed by atoms with Crippen LogP contribution >= 0.6 is 23.2 Å². The van der Waals surface area contributed by atoms with Crippen LogP contribution in [0.15, 0.2) is 29.1 Å². The van der Waals surface area contributed by atoms with Crippen LogP contribution in [0.3, 0.4) is 0 Å². The Morgan fingerprint density at radius 1 is 1.26 bits per heavy atom. The second kappa shape index (κ2) is 5.76. The second-order valence-electron chi connectivity index (χ2n) is 4.68. The molecule has 0 unspecified atom stereocenters. The highest BCUT2D eigenvalue weighted by molar-refractivity contribution is 6.36. The molecule has 0 spiro atoms. The Kier molecular flexibility index (Phi) is 4.27. The van der Waals surface area contributed by atoms with Gasteiger partial charge in [0.2, 0.25) is 0 Å². The van der Waals surface area contributed by atoms with E-state index in [0.29, 0.717) is 22.0 Å². The van der Waals surface area contributed by atoms with Gasteiger partial charge in [0, 0.05) is 22.0 Å². The van der Waals surface area contributed by atoms with E-state index in [-0.39, 0.29) is 11.5 Å². The van der Waals surface area contributed by atoms with Crippen molar-refractivity contribution in [1.29, 1.82) is 0 Å². The Bertz CT molecular complexity index is 630. The fourth-order valence-corrected chi connectivity index (χ4v) is 2.40. The Morgan fingerprint density at radius 2 is 1.89 bits per heavy atom. The van der Waals surface area contributed by atoms with Gasteiger partial charge in [0.05, 0.1) is 5.69 Å². The van der Waals surface area contributed by atoms with Crippen molar-refractivity contribution < 1.29 is 0 Å². The first-order chi connectivity index (χ1) is 8.99. The van der Waals surface area contributed by atoms with E-state index in [0.717, 1.165) is 11.3 Å². The minimum atomic E-state index is -0.149. The molecule has 2 aromatic rings. The summed E-state index contributed by atoms with van der Waals surface area (Å²) in [5.74, 6) is 0.146. The molecule has 0 aliphatic heterocycles. The fraction of sp³-hybridized carbons (Fsp3) is 0.286. The molecular formula is C14H14Cl2N2O. The third-order valence-electron chi connectivity index (χ3n) is 2.93. The van der Waals surface area contributed by atoms with Crippen LogP contribution in [0.2, 0.25) is 10.0 Å². The maximum Gasteiger partial charge on any atom is 0.267 e. The zero-order chi connectivity index (χ0) is 14.0. The number of hydrogen-bond acceptors (Lipinski definition) is 2. The number of halogens is 2. The first-order valence-electron chi connectivity index (χ1n) is 6.00. The lowest BCUT2D eigenvalue weighted by atomic mass is 10.0. The van der Waals surface area contributed by atoms with E-state index in [1.165, 1.54) is 0 Å². The Hall–Kier alpha value is -1.32. The molecule has 0 saturated carbocycles. The predicted octanol–water partition coefficient (Wildman–Crippen LogP) is 3.79. The highest BCUT2D eigenvalue weighted by Gasteiger charge is 2.11. The summed E-state index contributed by atoms with van der Waals surface area (Å²) in [6, 6.07) is 7.19. The number of rotatable bonds is 3. The van der Waals surface area contributed by atoms with Crippen molar-refractivity contribution in [2.24, 2.45) is 0 Å². The lowest BCUT2D eigenvalue weighted by Crippen LogP contribution is -2.17. The lowest BCUT2D eigenvalue weighted by Gasteiger charge is -2.08. The average Bonchev–Trinajstić information content (AvgIpc) is 2.35. The molecule has 0 saturated heterocycles. The molecule has 0 radical (unpaired) electrons. The summed E-state index contributed by atoms with van der Waals surface area (Å²) in [5, 5.41) is 7.77. The molecule has 5 heteroatoms. The van der Waals surface area contributed by atoms with Crippen LogP contribution < -0.4 is 5.56 Å². The van der Waals surface area contributed by atoms with Crippen molar-refractivity contribution in [1.82, 2.24) is 10.2 Å². The molecule has 1 heterocycles. The van der Waals surface area contributed by atoms with Crippen molar-refractivity contribution in [2.75, 3.05) is 0 Å². The van der Waals surface area contributed by atoms with Crippen molar-refractivity contribution in [3.63, 3.8) is 0 Å². The van der Waals surface area contributed by atoms with Crippen molar-refractivity contribution in [3.05, 3.63) is 61.5 Å². The summed E-state index contributed by atoms with van der Waals surface area (Å²) in [6.07, 6.45) is 0.495. The monoisotopic (exact) mass is 296 g/mol. The van der Waals surface area contributed by atoms with Crippen LogP contribution in [-0.2, 0) is 6.42 Å². The van der Waals surface area contributed by atoms with Gasteiger partial charge in [-0.1, -0.05) is 43.1 Å². The van der Waals surface area contributed by atoms with E-state index in [4.69, 9.17) is 23.2 Å². The van der Waals surface area contributed by atoms with Crippen LogP contribution in [0.1, 0.15) is 36.6 Å². The summed E-state index contributed by atoms with van der Waals surface area (Å²) in [7, 11) is 0. The standard InChI is InChI=1S/C14H14Cl2N2O/c1-8(2)10-6-9(17-18-14(10)19)7-11-12(15)4-3-5-13(11)16/h3-6,8H,7H2,1-2H3,(H,18,19). The molecule has 3 nitrogen and oxygen atoms in total. The molecule has 1 aromatic carbocycles. The Labute approximate surface area is 121 Å². The highest BCUT2D eigenvalue weighted by atomic mass is 35.5. The quantitative estimate of drug-likeness (QED) is 0.936. The molecule has 0 aliphatic carbocycles. The molecule has 1 N–H and O–H groups in total. The number of H-pyrrole nitrogens is 1. The summed E-state index contributed by atoms with van der Waals surface area (Å²) >= 11 is 12.3. The predicted molar refractivity (Wildman–Crippen MR) is 78.2 cm³/mol. The minimum absolute atomic E-state index is 0.146. The van der Waals surface area contributed by atoms with Crippen molar-refractivity contribution in [2.45, 2.75) is 26.2 Å². The van der Waals surface area contributed by atoms with E-state index in [9.17, 15) is 4.79 Å². The number of benzene rings is 1. The molecule has 0 amide bonds. The molecule has 0 bridgehead atoms. The molecular weight excluding hydrogens is 283 g/mol. The van der Waals surface area contributed by atoms with Gasteiger partial charge in [-0.05, 0) is 29.7 Å². The average molecular weight is 297 g/mol. The Balaban J connectivity index is 2.39. The van der Waals surface area contributed by atoms with Gasteiger partial charge in [-0.2, -0.15) is 5.10 Å². The van der Waals surface area contributed by atoms with Gasteiger partial charge in [0.1, 0.15) is 0 Å². The van der Waals surface area contributed by atoms with E-state index in [1.807, 2.05) is 19.9 Å². The number of nitrogens with zero attached hydrogens (tertiary/aromatic N) is 1. The van der Waals surface area contributed by atoms with Crippen LogP contribution in [0.25, 0.3) is 0 Å². The summed E-state index contributed by atoms with van der Waals surface area (Å²) in [5.41, 5.74) is 2.13. The topological polar surface area (TPSA) is 45.8 Å². The zero-order valence-corrected chi connectivity index (χ0v) is 12.2. The van der Waals surface area contributed by atoms with Crippen molar-refractivity contribution in [3.8, 4) is 0 Å². The number of aromatic nitrogens is 2. The smallest absolute Gasteiger partial charge is 0.267 e. The van der Waals surface area contributed by atoms with Gasteiger partial charge in [-0.15, -0.1) is 0 Å². The maximum absolute atomic E-state index is 11.6. The maximum atomic E-state index is 11.6. The third kappa shape index (κ3) is 3.17. The van der Waals surface area contributed by atoms with Gasteiger partial charge < -0.3 is 0 Å². The summed E-state index contributed by atoms with van der Waals surface area (Å²) < 4.78 is 0. The van der Waals surface area contributed by atoms with E-state index >= 15 is 0 Å². The van der Waals surface area contributed by atoms with Crippen LogP contribution in [0.4, 0.5) is 0 Å². The van der Waals surface area contributed by atoms with Crippen LogP contribution in [0, 0.1) is 0 Å². The van der Waals surface area contributed by atoms with Gasteiger partial charge in [-0.3, -0.25) is 4.79 Å². The fourth-order valence-electron chi connectivity index (χ4n) is 1.87. The minimum Gasteiger partial charge on any atom is -0.268 e. The van der Waals surface area contributed by atoms with Gasteiger partial charge in [-0.25, -0.2) is 5.10 Å². The summed E-state index contributed by atoms with van der Waals surface area (Å²) in [4.78, 5) is 11.6. The normalized spacial score (nSPS) is 11.0. The molecule has 0 fully saturated rings. The largest absolute Gasteiger partial charge is 0.268 e. The van der Waals surface area contributed by atoms with Gasteiger partial charge in [0.25, 0.3) is 5.56 Å². The van der Waals surface area contributed by atoms with Crippen LogP contribution in [-0.4, -0.2) is 10.2 Å². The molecule has 100 valence electrons. The number of nitrogens with one attached hydrogen (secondary N) is 1. The third-order valence-corrected chi connectivity index (χ3v) is 3.64. The second-order valence-corrected chi connectivity index (χ2v) is 5.49. The molecule has 0 aliphatic rings. The molecule has 19 heavy (non-hydrogen) atoms. The summed E-state index contributed by atoms with van der Waals surface area (Å²) in [6.45, 7) is 3.94.